The number of anilines is 2. The van der Waals surface area contributed by atoms with Gasteiger partial charge in [-0.15, -0.1) is 0 Å². The quantitative estimate of drug-likeness (QED) is 0.421. The molecule has 0 spiro atoms. The minimum Gasteiger partial charge on any atom is -0.506 e. The second-order valence-corrected chi connectivity index (χ2v) is 8.02. The zero-order valence-corrected chi connectivity index (χ0v) is 18.7. The minimum atomic E-state index is -4.61. The summed E-state index contributed by atoms with van der Waals surface area (Å²) in [4.78, 5) is 12.7. The maximum Gasteiger partial charge on any atom is 0.410 e. The number of aromatic nitrogens is 2. The largest absolute Gasteiger partial charge is 0.506 e. The highest BCUT2D eigenvalue weighted by Crippen LogP contribution is 2.44. The van der Waals surface area contributed by atoms with Crippen LogP contribution in [-0.2, 0) is 0 Å². The van der Waals surface area contributed by atoms with Crippen molar-refractivity contribution in [2.24, 2.45) is 0 Å². The van der Waals surface area contributed by atoms with E-state index in [1.54, 1.807) is 18.2 Å². The second-order valence-electron chi connectivity index (χ2n) is 7.58. The first-order valence-electron chi connectivity index (χ1n) is 10.0. The summed E-state index contributed by atoms with van der Waals surface area (Å²) < 4.78 is 53.1. The van der Waals surface area contributed by atoms with Crippen molar-refractivity contribution >= 4 is 29.0 Å². The maximum absolute atomic E-state index is 13.9. The molecule has 0 saturated heterocycles. The van der Waals surface area contributed by atoms with Crippen LogP contribution in [0.4, 0.5) is 24.7 Å². The smallest absolute Gasteiger partial charge is 0.410 e. The Morgan fingerprint density at radius 2 is 1.91 bits per heavy atom. The predicted molar refractivity (Wildman–Crippen MR) is 119 cm³/mol. The highest BCUT2D eigenvalue weighted by Gasteiger charge is 2.47. The number of phenols is 1. The molecule has 4 rings (SSSR count). The summed E-state index contributed by atoms with van der Waals surface area (Å²) in [5, 5.41) is 19.5. The van der Waals surface area contributed by atoms with Gasteiger partial charge in [-0.05, 0) is 35.9 Å². The molecule has 1 aliphatic rings. The van der Waals surface area contributed by atoms with Crippen molar-refractivity contribution < 1.29 is 32.5 Å². The fraction of sp³-hybridized carbons (Fsp3) is 0.273. The lowest BCUT2D eigenvalue weighted by atomic mass is 9.96. The van der Waals surface area contributed by atoms with E-state index in [1.807, 2.05) is 0 Å². The van der Waals surface area contributed by atoms with Crippen LogP contribution >= 0.6 is 11.6 Å². The second kappa shape index (κ2) is 8.98. The standard InChI is InChI=1S/C22H20ClF3N4O4/c1-33-17-6-3-11(7-18(17)34-2)13-9-19(22(24,25)26)30-20(27-13)10-15(29-30)21(32)28-14-8-12(23)4-5-16(14)31/h3-8,10,13,19,27,31H,9H2,1-2H3,(H,28,32)/t13-,19-/m0/s1. The number of ether oxygens (including phenoxy) is 2. The van der Waals surface area contributed by atoms with E-state index in [0.29, 0.717) is 17.1 Å². The lowest BCUT2D eigenvalue weighted by Crippen LogP contribution is -2.35. The van der Waals surface area contributed by atoms with Gasteiger partial charge in [0.15, 0.2) is 23.2 Å². The highest BCUT2D eigenvalue weighted by atomic mass is 35.5. The Morgan fingerprint density at radius 3 is 2.59 bits per heavy atom. The van der Waals surface area contributed by atoms with E-state index in [-0.39, 0.29) is 34.4 Å². The number of benzene rings is 2. The van der Waals surface area contributed by atoms with E-state index < -0.39 is 24.2 Å². The fourth-order valence-corrected chi connectivity index (χ4v) is 3.94. The average molecular weight is 497 g/mol. The van der Waals surface area contributed by atoms with Crippen molar-refractivity contribution in [3.63, 3.8) is 0 Å². The van der Waals surface area contributed by atoms with Crippen molar-refractivity contribution in [1.29, 1.82) is 0 Å². The number of alkyl halides is 3. The number of phenolic OH excluding ortho intramolecular Hbond substituents is 1. The number of nitrogens with one attached hydrogen (secondary N) is 2. The average Bonchev–Trinajstić information content (AvgIpc) is 3.24. The van der Waals surface area contributed by atoms with Crippen LogP contribution in [0, 0.1) is 0 Å². The summed E-state index contributed by atoms with van der Waals surface area (Å²) in [5.41, 5.74) is 0.297. The highest BCUT2D eigenvalue weighted by molar-refractivity contribution is 6.31. The molecule has 3 aromatic rings. The van der Waals surface area contributed by atoms with Gasteiger partial charge in [0, 0.05) is 17.5 Å². The van der Waals surface area contributed by atoms with E-state index in [4.69, 9.17) is 21.1 Å². The van der Waals surface area contributed by atoms with Crippen molar-refractivity contribution in [3.05, 3.63) is 58.7 Å². The van der Waals surface area contributed by atoms with Gasteiger partial charge in [-0.1, -0.05) is 17.7 Å². The van der Waals surface area contributed by atoms with Crippen molar-refractivity contribution in [3.8, 4) is 17.2 Å². The summed E-state index contributed by atoms with van der Waals surface area (Å²) >= 11 is 5.88. The van der Waals surface area contributed by atoms with E-state index in [0.717, 1.165) is 4.68 Å². The number of halogens is 4. The summed E-state index contributed by atoms with van der Waals surface area (Å²) in [6, 6.07) is 7.41. The third-order valence-corrected chi connectivity index (χ3v) is 5.67. The lowest BCUT2D eigenvalue weighted by molar-refractivity contribution is -0.173. The van der Waals surface area contributed by atoms with Crippen molar-refractivity contribution in [2.75, 3.05) is 24.9 Å². The van der Waals surface area contributed by atoms with E-state index in [1.165, 1.54) is 38.5 Å². The minimum absolute atomic E-state index is 0.00649. The Labute approximate surface area is 197 Å². The number of hydrogen-bond acceptors (Lipinski definition) is 6. The molecule has 1 aromatic heterocycles. The fourth-order valence-electron chi connectivity index (χ4n) is 3.77. The molecule has 0 bridgehead atoms. The monoisotopic (exact) mass is 496 g/mol. The van der Waals surface area contributed by atoms with Gasteiger partial charge >= 0.3 is 6.18 Å². The summed E-state index contributed by atoms with van der Waals surface area (Å²) in [6.07, 6.45) is -4.97. The number of nitrogens with zero attached hydrogens (tertiary/aromatic N) is 2. The molecular weight excluding hydrogens is 477 g/mol. The summed E-state index contributed by atoms with van der Waals surface area (Å²) in [7, 11) is 2.90. The number of methoxy groups -OCH3 is 2. The maximum atomic E-state index is 13.9. The molecule has 0 fully saturated rings. The first-order valence-corrected chi connectivity index (χ1v) is 10.4. The van der Waals surface area contributed by atoms with Gasteiger partial charge in [0.2, 0.25) is 0 Å². The normalized spacial score (nSPS) is 17.5. The van der Waals surface area contributed by atoms with E-state index in [2.05, 4.69) is 15.7 Å². The SMILES string of the molecule is COc1ccc([C@@H]2C[C@@H](C(F)(F)F)n3nc(C(=O)Nc4cc(Cl)ccc4O)cc3N2)cc1OC. The van der Waals surface area contributed by atoms with E-state index >= 15 is 0 Å². The van der Waals surface area contributed by atoms with Gasteiger partial charge in [-0.3, -0.25) is 4.79 Å². The Kier molecular flexibility index (Phi) is 6.22. The van der Waals surface area contributed by atoms with Crippen molar-refractivity contribution in [1.82, 2.24) is 9.78 Å². The number of rotatable bonds is 5. The zero-order valence-electron chi connectivity index (χ0n) is 18.0. The molecule has 2 heterocycles. The van der Waals surface area contributed by atoms with E-state index in [9.17, 15) is 23.1 Å². The Bertz CT molecular complexity index is 1230. The molecule has 1 aliphatic heterocycles. The van der Waals surface area contributed by atoms with Crippen LogP contribution in [0.25, 0.3) is 0 Å². The lowest BCUT2D eigenvalue weighted by Gasteiger charge is -2.33. The van der Waals surface area contributed by atoms with Crippen LogP contribution in [0.1, 0.15) is 34.6 Å². The van der Waals surface area contributed by atoms with Crippen LogP contribution in [0.15, 0.2) is 42.5 Å². The van der Waals surface area contributed by atoms with Gasteiger partial charge in [0.05, 0.1) is 25.9 Å². The summed E-state index contributed by atoms with van der Waals surface area (Å²) in [6.45, 7) is 0. The van der Waals surface area contributed by atoms with Gasteiger partial charge in [0.1, 0.15) is 11.6 Å². The number of hydrogen-bond donors (Lipinski definition) is 3. The molecule has 0 unspecified atom stereocenters. The van der Waals surface area contributed by atoms with Crippen LogP contribution in [0.5, 0.6) is 17.2 Å². The predicted octanol–water partition coefficient (Wildman–Crippen LogP) is 5.17. The van der Waals surface area contributed by atoms with Crippen LogP contribution in [0.2, 0.25) is 5.02 Å². The molecule has 180 valence electrons. The topological polar surface area (TPSA) is 97.6 Å². The molecule has 12 heteroatoms. The third-order valence-electron chi connectivity index (χ3n) is 5.44. The number of amides is 1. The number of aromatic hydroxyl groups is 1. The molecule has 2 atom stereocenters. The molecule has 1 amide bonds. The molecule has 0 aliphatic carbocycles. The zero-order chi connectivity index (χ0) is 24.6. The molecule has 8 nitrogen and oxygen atoms in total. The Hall–Kier alpha value is -3.60. The number of fused-ring (bicyclic) bond motifs is 1. The summed E-state index contributed by atoms with van der Waals surface area (Å²) in [5.74, 6) is -0.200. The molecule has 34 heavy (non-hydrogen) atoms. The third kappa shape index (κ3) is 4.56. The van der Waals surface area contributed by atoms with Gasteiger partial charge in [-0.2, -0.15) is 18.3 Å². The van der Waals surface area contributed by atoms with Gasteiger partial charge in [-0.25, -0.2) is 4.68 Å². The van der Waals surface area contributed by atoms with Crippen LogP contribution in [0.3, 0.4) is 0 Å². The number of carbonyl (C=O) groups excluding carboxylic acids is 1. The molecule has 0 radical (unpaired) electrons. The molecule has 2 aromatic carbocycles. The molecule has 0 saturated carbocycles. The van der Waals surface area contributed by atoms with Gasteiger partial charge in [0.25, 0.3) is 5.91 Å². The van der Waals surface area contributed by atoms with Gasteiger partial charge < -0.3 is 25.2 Å². The first-order chi connectivity index (χ1) is 16.1. The van der Waals surface area contributed by atoms with Crippen molar-refractivity contribution in [2.45, 2.75) is 24.7 Å². The number of carbonyl (C=O) groups is 1. The molecular formula is C22H20ClF3N4O4. The van der Waals surface area contributed by atoms with Crippen LogP contribution < -0.4 is 20.1 Å². The van der Waals surface area contributed by atoms with Crippen LogP contribution in [-0.4, -0.2) is 41.2 Å². The Balaban J connectivity index is 1.66. The Morgan fingerprint density at radius 1 is 1.18 bits per heavy atom. The first kappa shape index (κ1) is 23.6. The molecule has 3 N–H and O–H groups in total.